The van der Waals surface area contributed by atoms with E-state index in [0.29, 0.717) is 0 Å². The third kappa shape index (κ3) is 14.0. The molecule has 27 aromatic rings. The predicted molar refractivity (Wildman–Crippen MR) is 579 cm³/mol. The molecule has 21 aromatic carbocycles. The molecule has 6 aromatic heterocycles. The molecule has 0 atom stereocenters. The molecular formula is C130H94N6. The van der Waals surface area contributed by atoms with Crippen molar-refractivity contribution >= 4 is 131 Å². The molecule has 0 radical (unpaired) electrons. The van der Waals surface area contributed by atoms with Crippen LogP contribution in [0.3, 0.4) is 0 Å². The molecule has 0 bridgehead atoms. The summed E-state index contributed by atoms with van der Waals surface area (Å²) in [5.74, 6) is 0. The van der Waals surface area contributed by atoms with Crippen LogP contribution >= 0.6 is 0 Å². The number of aromatic nitrogens is 6. The van der Waals surface area contributed by atoms with Gasteiger partial charge >= 0.3 is 0 Å². The minimum atomic E-state index is 0. The summed E-state index contributed by atoms with van der Waals surface area (Å²) in [7, 11) is 0. The second-order valence-corrected chi connectivity index (χ2v) is 35.7. The molecular weight excluding hydrogens is 1650 g/mol. The van der Waals surface area contributed by atoms with Gasteiger partial charge in [0.15, 0.2) is 0 Å². The van der Waals surface area contributed by atoms with Crippen LogP contribution in [0.25, 0.3) is 232 Å². The van der Waals surface area contributed by atoms with E-state index in [4.69, 9.17) is 0 Å². The number of benzene rings is 21. The molecule has 644 valence electrons. The lowest BCUT2D eigenvalue weighted by Gasteiger charge is -2.15. The van der Waals surface area contributed by atoms with E-state index >= 15 is 0 Å². The zero-order valence-electron chi connectivity index (χ0n) is 74.9. The average molecular weight is 1740 g/mol. The fourth-order valence-electron chi connectivity index (χ4n) is 21.6. The SMILES string of the molecule is C.Cc1cc(C)c(-n2c3ccccc3c3cc(-c4ccc5c(c4)c4ccccc4n5-c4cccc(-c5ccccc5)c4)ccc32)c(C)c1.c1ccc(-c2cccc(-n3c4ccccc4c4cc(-c5ccc6c(c5)c5ccccc5n6-c5cccc(-c6ccccc6)c5)ccc43)c2)cc1.c1ccc(-n2c3ccccc3c3cc(-c4ccc5c6ccccc6n(-c6ccccc6)c5c4)ccc32)cc1. The molecule has 0 spiro atoms. The van der Waals surface area contributed by atoms with Gasteiger partial charge in [-0.15, -0.1) is 0 Å². The van der Waals surface area contributed by atoms with Gasteiger partial charge in [0, 0.05) is 93.1 Å². The van der Waals surface area contributed by atoms with Gasteiger partial charge < -0.3 is 27.4 Å². The molecule has 0 saturated carbocycles. The van der Waals surface area contributed by atoms with E-state index in [2.05, 4.69) is 540 Å². The quantitative estimate of drug-likeness (QED) is 0.117. The van der Waals surface area contributed by atoms with E-state index in [1.807, 2.05) is 0 Å². The Hall–Kier alpha value is -17.6. The molecule has 136 heavy (non-hydrogen) atoms. The van der Waals surface area contributed by atoms with Crippen molar-refractivity contribution in [1.82, 2.24) is 27.4 Å². The Balaban J connectivity index is 0.000000112. The van der Waals surface area contributed by atoms with E-state index in [-0.39, 0.29) is 7.43 Å². The summed E-state index contributed by atoms with van der Waals surface area (Å²) in [6.07, 6.45) is 0. The summed E-state index contributed by atoms with van der Waals surface area (Å²) in [4.78, 5) is 0. The molecule has 6 heteroatoms. The fourth-order valence-corrected chi connectivity index (χ4v) is 21.6. The van der Waals surface area contributed by atoms with Gasteiger partial charge in [-0.3, -0.25) is 0 Å². The maximum Gasteiger partial charge on any atom is 0.0547 e. The fraction of sp³-hybridized carbons (Fsp3) is 0.0308. The van der Waals surface area contributed by atoms with Crippen molar-refractivity contribution in [1.29, 1.82) is 0 Å². The maximum absolute atomic E-state index is 2.46. The summed E-state index contributed by atoms with van der Waals surface area (Å²) < 4.78 is 14.4. The average Bonchev–Trinajstić information content (AvgIpc) is 1.59. The smallest absolute Gasteiger partial charge is 0.0547 e. The largest absolute Gasteiger partial charge is 0.309 e. The van der Waals surface area contributed by atoms with Crippen LogP contribution in [0.5, 0.6) is 0 Å². The van der Waals surface area contributed by atoms with E-state index in [1.54, 1.807) is 0 Å². The van der Waals surface area contributed by atoms with Crippen LogP contribution in [0.15, 0.2) is 491 Å². The first-order valence-electron chi connectivity index (χ1n) is 46.6. The van der Waals surface area contributed by atoms with Gasteiger partial charge in [0.2, 0.25) is 0 Å². The van der Waals surface area contributed by atoms with Crippen LogP contribution in [-0.4, -0.2) is 27.4 Å². The number of rotatable bonds is 12. The summed E-state index contributed by atoms with van der Waals surface area (Å²) >= 11 is 0. The lowest BCUT2D eigenvalue weighted by atomic mass is 10.0. The standard InChI is InChI=1S/C48H32N2.C45H34N2.C36H24N2.CH4/c1-3-13-33(14-4-1)35-17-11-19-39(29-35)49-45-23-9-7-21-41(45)43-31-37(25-27-47(43)49)38-26-28-48-44(32-38)42-22-8-10-24-46(42)50(48)40-20-12-18-36(30-40)34-15-5-2-6-16-34;1-29-24-30(2)45(31(3)25-29)47-42-19-10-8-17-38(42)40-28-35(21-23-44(40)47)34-20-22-43-39(27-34)37-16-7-9-18-41(37)46(43)36-15-11-14-33(26-36)32-12-5-4-6-13-32;1-3-11-27(12-4-1)37-34-18-10-8-16-30(34)32-23-25(20-22-35(32)37)26-19-21-31-29-15-7-9-17-33(29)38(36(31)24-26)28-13-5-2-6-14-28;/h1-32H;4-28H,1-3H3;1-24H;1H4. The van der Waals surface area contributed by atoms with E-state index in [1.165, 1.54) is 237 Å². The van der Waals surface area contributed by atoms with E-state index < -0.39 is 0 Å². The van der Waals surface area contributed by atoms with Crippen molar-refractivity contribution in [3.8, 4) is 101 Å². The van der Waals surface area contributed by atoms with Gasteiger partial charge in [0.1, 0.15) is 0 Å². The number of hydrogen-bond acceptors (Lipinski definition) is 0. The Labute approximate surface area is 789 Å². The summed E-state index contributed by atoms with van der Waals surface area (Å²) in [5.41, 5.74) is 40.3. The molecule has 0 aliphatic carbocycles. The highest BCUT2D eigenvalue weighted by Gasteiger charge is 2.24. The topological polar surface area (TPSA) is 29.6 Å². The predicted octanol–water partition coefficient (Wildman–Crippen LogP) is 35.2. The zero-order chi connectivity index (χ0) is 89.7. The highest BCUT2D eigenvalue weighted by atomic mass is 15.0. The van der Waals surface area contributed by atoms with Gasteiger partial charge in [-0.25, -0.2) is 0 Å². The van der Waals surface area contributed by atoms with Crippen molar-refractivity contribution in [3.05, 3.63) is 508 Å². The van der Waals surface area contributed by atoms with Crippen LogP contribution in [0.4, 0.5) is 0 Å². The molecule has 27 rings (SSSR count). The Morgan fingerprint density at radius 3 is 0.632 bits per heavy atom. The number of nitrogens with zero attached hydrogens (tertiary/aromatic N) is 6. The van der Waals surface area contributed by atoms with Gasteiger partial charge in [-0.2, -0.15) is 0 Å². The Kier molecular flexibility index (Phi) is 20.4. The Morgan fingerprint density at radius 2 is 0.324 bits per heavy atom. The molecule has 0 amide bonds. The molecule has 0 saturated heterocycles. The minimum absolute atomic E-state index is 0. The third-order valence-corrected chi connectivity index (χ3v) is 27.6. The highest BCUT2D eigenvalue weighted by Crippen LogP contribution is 2.46. The molecule has 0 aliphatic rings. The van der Waals surface area contributed by atoms with Crippen molar-refractivity contribution in [3.63, 3.8) is 0 Å². The van der Waals surface area contributed by atoms with Crippen LogP contribution in [0, 0.1) is 20.8 Å². The summed E-state index contributed by atoms with van der Waals surface area (Å²) in [6, 6.07) is 178. The van der Waals surface area contributed by atoms with Crippen LogP contribution in [0.1, 0.15) is 24.1 Å². The normalized spacial score (nSPS) is 11.6. The number of hydrogen-bond donors (Lipinski definition) is 0. The lowest BCUT2D eigenvalue weighted by Crippen LogP contribution is -2.00. The highest BCUT2D eigenvalue weighted by molar-refractivity contribution is 6.17. The first kappa shape index (κ1) is 81.6. The summed E-state index contributed by atoms with van der Waals surface area (Å²) in [5, 5.41) is 15.2. The van der Waals surface area contributed by atoms with Gasteiger partial charge in [0.25, 0.3) is 0 Å². The third-order valence-electron chi connectivity index (χ3n) is 27.6. The minimum Gasteiger partial charge on any atom is -0.309 e. The number of para-hydroxylation sites is 8. The second-order valence-electron chi connectivity index (χ2n) is 35.7. The van der Waals surface area contributed by atoms with E-state index in [9.17, 15) is 0 Å². The van der Waals surface area contributed by atoms with Gasteiger partial charge in [-0.05, 0) is 262 Å². The van der Waals surface area contributed by atoms with Gasteiger partial charge in [-0.1, -0.05) is 341 Å². The van der Waals surface area contributed by atoms with Crippen LogP contribution in [0.2, 0.25) is 0 Å². The first-order chi connectivity index (χ1) is 66.7. The number of aryl methyl sites for hydroxylation is 3. The molecule has 6 nitrogen and oxygen atoms in total. The Bertz CT molecular complexity index is 9100. The van der Waals surface area contributed by atoms with Crippen LogP contribution in [-0.2, 0) is 0 Å². The van der Waals surface area contributed by atoms with E-state index in [0.717, 1.165) is 11.4 Å². The van der Waals surface area contributed by atoms with Gasteiger partial charge in [0.05, 0.1) is 71.9 Å². The van der Waals surface area contributed by atoms with Crippen molar-refractivity contribution < 1.29 is 0 Å². The Morgan fingerprint density at radius 1 is 0.125 bits per heavy atom. The monoisotopic (exact) mass is 1740 g/mol. The van der Waals surface area contributed by atoms with Crippen molar-refractivity contribution in [2.45, 2.75) is 28.2 Å². The molecule has 0 fully saturated rings. The number of fused-ring (bicyclic) bond motifs is 18. The van der Waals surface area contributed by atoms with Crippen LogP contribution < -0.4 is 0 Å². The molecule has 0 aliphatic heterocycles. The summed E-state index contributed by atoms with van der Waals surface area (Å²) in [6.45, 7) is 6.64. The molecule has 0 N–H and O–H groups in total. The lowest BCUT2D eigenvalue weighted by molar-refractivity contribution is 1.11. The van der Waals surface area contributed by atoms with Crippen molar-refractivity contribution in [2.24, 2.45) is 0 Å². The first-order valence-corrected chi connectivity index (χ1v) is 46.6. The maximum atomic E-state index is 2.46. The zero-order valence-corrected chi connectivity index (χ0v) is 74.9. The second kappa shape index (κ2) is 34.0. The molecule has 0 unspecified atom stereocenters. The molecule has 6 heterocycles. The van der Waals surface area contributed by atoms with Crippen molar-refractivity contribution in [2.75, 3.05) is 0 Å².